The Hall–Kier alpha value is -3.03. The van der Waals surface area contributed by atoms with Gasteiger partial charge in [0.2, 0.25) is 0 Å². The van der Waals surface area contributed by atoms with Gasteiger partial charge in [0.1, 0.15) is 5.65 Å². The summed E-state index contributed by atoms with van der Waals surface area (Å²) in [5, 5.41) is 1.49. The van der Waals surface area contributed by atoms with E-state index in [-0.39, 0.29) is 5.91 Å². The predicted molar refractivity (Wildman–Crippen MR) is 118 cm³/mol. The second-order valence-electron chi connectivity index (χ2n) is 6.79. The molecule has 29 heavy (non-hydrogen) atoms. The highest BCUT2D eigenvalue weighted by Gasteiger charge is 2.21. The van der Waals surface area contributed by atoms with Crippen LogP contribution in [-0.2, 0) is 0 Å². The van der Waals surface area contributed by atoms with Crippen LogP contribution in [0.4, 0.5) is 0 Å². The lowest BCUT2D eigenvalue weighted by atomic mass is 10.0. The van der Waals surface area contributed by atoms with E-state index in [1.165, 1.54) is 11.3 Å². The number of carbonyl (C=O) groups excluding carboxylic acids is 1. The first-order valence-electron chi connectivity index (χ1n) is 9.62. The summed E-state index contributed by atoms with van der Waals surface area (Å²) in [5.41, 5.74) is 10.4. The Morgan fingerprint density at radius 1 is 1.24 bits per heavy atom. The topological polar surface area (TPSA) is 87.9 Å². The molecule has 0 bridgehead atoms. The first-order valence-corrected chi connectivity index (χ1v) is 10.4. The molecule has 0 fully saturated rings. The number of amides is 1. The Labute approximate surface area is 173 Å². The number of benzene rings is 1. The van der Waals surface area contributed by atoms with Crippen molar-refractivity contribution in [3.8, 4) is 22.4 Å². The lowest BCUT2D eigenvalue weighted by Crippen LogP contribution is -2.35. The van der Waals surface area contributed by atoms with E-state index in [1.54, 1.807) is 4.90 Å². The largest absolute Gasteiger partial charge is 0.345 e. The van der Waals surface area contributed by atoms with Crippen LogP contribution in [0.15, 0.2) is 48.8 Å². The zero-order chi connectivity index (χ0) is 20.4. The Bertz CT molecular complexity index is 1150. The molecular weight excluding hydrogens is 382 g/mol. The van der Waals surface area contributed by atoms with Crippen molar-refractivity contribution in [3.63, 3.8) is 0 Å². The molecule has 0 aliphatic carbocycles. The summed E-state index contributed by atoms with van der Waals surface area (Å²) in [6.45, 7) is 5.52. The minimum atomic E-state index is -0.0692. The van der Waals surface area contributed by atoms with Crippen molar-refractivity contribution < 1.29 is 4.79 Å². The molecule has 0 unspecified atom stereocenters. The first-order chi connectivity index (χ1) is 14.1. The third-order valence-electron chi connectivity index (χ3n) is 4.94. The van der Waals surface area contributed by atoms with Crippen LogP contribution in [0.2, 0.25) is 0 Å². The van der Waals surface area contributed by atoms with Crippen LogP contribution < -0.4 is 5.73 Å². The Morgan fingerprint density at radius 2 is 2.03 bits per heavy atom. The van der Waals surface area contributed by atoms with Crippen LogP contribution >= 0.6 is 11.3 Å². The highest BCUT2D eigenvalue weighted by Crippen LogP contribution is 2.34. The SMILES string of the molecule is CCN(CCN)C(=O)c1nc(-c2c[nH]c3ncc(-c4ccccc4)cc23)c(C)s1. The second kappa shape index (κ2) is 8.14. The molecule has 4 rings (SSSR count). The van der Waals surface area contributed by atoms with Gasteiger partial charge in [-0.1, -0.05) is 30.3 Å². The molecule has 0 saturated heterocycles. The number of thiazole rings is 1. The number of rotatable bonds is 6. The van der Waals surface area contributed by atoms with E-state index >= 15 is 0 Å². The van der Waals surface area contributed by atoms with Gasteiger partial charge in [0, 0.05) is 53.4 Å². The van der Waals surface area contributed by atoms with Gasteiger partial charge in [-0.3, -0.25) is 4.79 Å². The molecule has 0 radical (unpaired) electrons. The summed E-state index contributed by atoms with van der Waals surface area (Å²) in [5.74, 6) is -0.0692. The van der Waals surface area contributed by atoms with Gasteiger partial charge < -0.3 is 15.6 Å². The second-order valence-corrected chi connectivity index (χ2v) is 7.99. The summed E-state index contributed by atoms with van der Waals surface area (Å²) in [7, 11) is 0. The average molecular weight is 406 g/mol. The molecule has 0 spiro atoms. The molecule has 0 saturated carbocycles. The monoisotopic (exact) mass is 405 g/mol. The molecule has 4 aromatic rings. The van der Waals surface area contributed by atoms with Gasteiger partial charge in [0.05, 0.1) is 5.69 Å². The van der Waals surface area contributed by atoms with Gasteiger partial charge in [-0.15, -0.1) is 11.3 Å². The highest BCUT2D eigenvalue weighted by atomic mass is 32.1. The van der Waals surface area contributed by atoms with E-state index in [1.807, 2.05) is 44.4 Å². The number of aromatic nitrogens is 3. The molecule has 7 heteroatoms. The molecule has 3 aromatic heterocycles. The molecule has 3 N–H and O–H groups in total. The number of nitrogens with one attached hydrogen (secondary N) is 1. The predicted octanol–water partition coefficient (Wildman–Crippen LogP) is 4.08. The quantitative estimate of drug-likeness (QED) is 0.506. The molecule has 0 aliphatic rings. The minimum absolute atomic E-state index is 0.0692. The summed E-state index contributed by atoms with van der Waals surface area (Å²) < 4.78 is 0. The van der Waals surface area contributed by atoms with Gasteiger partial charge in [-0.05, 0) is 25.5 Å². The lowest BCUT2D eigenvalue weighted by molar-refractivity contribution is 0.0768. The van der Waals surface area contributed by atoms with Crippen molar-refractivity contribution in [1.82, 2.24) is 19.9 Å². The van der Waals surface area contributed by atoms with Crippen molar-refractivity contribution >= 4 is 28.3 Å². The molecule has 0 aliphatic heterocycles. The standard InChI is InChI=1S/C22H23N5OS/c1-3-27(10-9-23)22(28)21-26-19(14(2)29-21)18-13-25-20-17(18)11-16(12-24-20)15-7-5-4-6-8-15/h4-8,11-13H,3,9-10,23H2,1-2H3,(H,24,25). The van der Waals surface area contributed by atoms with E-state index in [2.05, 4.69) is 28.2 Å². The lowest BCUT2D eigenvalue weighted by Gasteiger charge is -2.18. The Kier molecular flexibility index (Phi) is 5.42. The number of carbonyl (C=O) groups is 1. The number of aromatic amines is 1. The third kappa shape index (κ3) is 3.66. The van der Waals surface area contributed by atoms with Crippen LogP contribution in [0.25, 0.3) is 33.4 Å². The van der Waals surface area contributed by atoms with Crippen LogP contribution in [0.3, 0.4) is 0 Å². The van der Waals surface area contributed by atoms with E-state index in [9.17, 15) is 4.79 Å². The molecule has 1 aromatic carbocycles. The fourth-order valence-electron chi connectivity index (χ4n) is 3.42. The molecule has 3 heterocycles. The maximum Gasteiger partial charge on any atom is 0.282 e. The van der Waals surface area contributed by atoms with Crippen molar-refractivity contribution in [2.24, 2.45) is 5.73 Å². The molecule has 148 valence electrons. The van der Waals surface area contributed by atoms with Crippen molar-refractivity contribution in [2.45, 2.75) is 13.8 Å². The third-order valence-corrected chi connectivity index (χ3v) is 5.90. The van der Waals surface area contributed by atoms with Gasteiger partial charge >= 0.3 is 0 Å². The van der Waals surface area contributed by atoms with Crippen LogP contribution in [0.1, 0.15) is 21.6 Å². The molecule has 1 amide bonds. The minimum Gasteiger partial charge on any atom is -0.345 e. The van der Waals surface area contributed by atoms with Crippen LogP contribution in [-0.4, -0.2) is 45.4 Å². The zero-order valence-electron chi connectivity index (χ0n) is 16.5. The number of nitrogens with zero attached hydrogens (tertiary/aromatic N) is 3. The van der Waals surface area contributed by atoms with E-state index in [0.717, 1.165) is 38.3 Å². The fourth-order valence-corrected chi connectivity index (χ4v) is 4.32. The molecular formula is C22H23N5OS. The van der Waals surface area contributed by atoms with Crippen molar-refractivity contribution in [2.75, 3.05) is 19.6 Å². The Morgan fingerprint density at radius 3 is 2.76 bits per heavy atom. The Balaban J connectivity index is 1.75. The maximum atomic E-state index is 12.8. The van der Waals surface area contributed by atoms with E-state index in [0.29, 0.717) is 24.6 Å². The van der Waals surface area contributed by atoms with Gasteiger partial charge in [0.15, 0.2) is 5.01 Å². The fraction of sp³-hybridized carbons (Fsp3) is 0.227. The maximum absolute atomic E-state index is 12.8. The van der Waals surface area contributed by atoms with Crippen molar-refractivity contribution in [1.29, 1.82) is 0 Å². The molecule has 0 atom stereocenters. The number of nitrogens with two attached hydrogens (primary N) is 1. The van der Waals surface area contributed by atoms with Crippen LogP contribution in [0.5, 0.6) is 0 Å². The van der Waals surface area contributed by atoms with Gasteiger partial charge in [-0.2, -0.15) is 0 Å². The van der Waals surface area contributed by atoms with E-state index < -0.39 is 0 Å². The smallest absolute Gasteiger partial charge is 0.282 e. The number of H-pyrrole nitrogens is 1. The average Bonchev–Trinajstić information content (AvgIpc) is 3.34. The number of pyridine rings is 1. The first kappa shape index (κ1) is 19.3. The van der Waals surface area contributed by atoms with Gasteiger partial charge in [-0.25, -0.2) is 9.97 Å². The number of hydrogen-bond acceptors (Lipinski definition) is 5. The summed E-state index contributed by atoms with van der Waals surface area (Å²) in [4.78, 5) is 28.0. The summed E-state index contributed by atoms with van der Waals surface area (Å²) in [6.07, 6.45) is 3.78. The summed E-state index contributed by atoms with van der Waals surface area (Å²) >= 11 is 1.42. The van der Waals surface area contributed by atoms with E-state index in [4.69, 9.17) is 10.7 Å². The number of fused-ring (bicyclic) bond motifs is 1. The van der Waals surface area contributed by atoms with Gasteiger partial charge in [0.25, 0.3) is 5.91 Å². The summed E-state index contributed by atoms with van der Waals surface area (Å²) in [6, 6.07) is 12.3. The van der Waals surface area contributed by atoms with Crippen molar-refractivity contribution in [3.05, 3.63) is 58.7 Å². The highest BCUT2D eigenvalue weighted by molar-refractivity contribution is 7.14. The normalized spacial score (nSPS) is 11.1. The number of likely N-dealkylation sites (N-methyl/N-ethyl adjacent to an activating group) is 1. The zero-order valence-corrected chi connectivity index (χ0v) is 17.3. The van der Waals surface area contributed by atoms with Crippen LogP contribution in [0, 0.1) is 6.92 Å². The molecule has 6 nitrogen and oxygen atoms in total. The number of aryl methyl sites for hydroxylation is 1. The number of hydrogen-bond donors (Lipinski definition) is 2.